The van der Waals surface area contributed by atoms with Crippen molar-refractivity contribution in [2.24, 2.45) is 0 Å². The fourth-order valence-electron chi connectivity index (χ4n) is 1.52. The lowest BCUT2D eigenvalue weighted by Crippen LogP contribution is -2.33. The van der Waals surface area contributed by atoms with Crippen LogP contribution in [-0.2, 0) is 10.0 Å². The predicted octanol–water partition coefficient (Wildman–Crippen LogP) is 2.50. The van der Waals surface area contributed by atoms with Crippen LogP contribution in [0.5, 0.6) is 0 Å². The monoisotopic (exact) mass is 347 g/mol. The molecule has 1 atom stereocenters. The van der Waals surface area contributed by atoms with Gasteiger partial charge in [-0.3, -0.25) is 0 Å². The van der Waals surface area contributed by atoms with Crippen molar-refractivity contribution in [3.63, 3.8) is 0 Å². The summed E-state index contributed by atoms with van der Waals surface area (Å²) in [6.07, 6.45) is 2.61. The Balaban J connectivity index is 2.70. The fourth-order valence-corrected chi connectivity index (χ4v) is 2.94. The molecule has 0 bridgehead atoms. The van der Waals surface area contributed by atoms with Crippen LogP contribution < -0.4 is 4.72 Å². The van der Waals surface area contributed by atoms with Crippen LogP contribution in [0.4, 0.5) is 0 Å². The van der Waals surface area contributed by atoms with E-state index in [1.54, 1.807) is 6.08 Å². The Morgan fingerprint density at radius 1 is 1.37 bits per heavy atom. The number of halogens is 1. The van der Waals surface area contributed by atoms with Crippen molar-refractivity contribution >= 4 is 32.0 Å². The van der Waals surface area contributed by atoms with E-state index in [0.29, 0.717) is 12.8 Å². The van der Waals surface area contributed by atoms with E-state index in [1.807, 2.05) is 31.2 Å². The lowest BCUT2D eigenvalue weighted by Gasteiger charge is -2.13. The molecule has 6 heteroatoms. The largest absolute Gasteiger partial charge is 0.396 e. The van der Waals surface area contributed by atoms with E-state index in [-0.39, 0.29) is 12.6 Å². The van der Waals surface area contributed by atoms with Crippen molar-refractivity contribution < 1.29 is 13.5 Å². The third kappa shape index (κ3) is 6.33. The topological polar surface area (TPSA) is 66.4 Å². The Labute approximate surface area is 122 Å². The maximum absolute atomic E-state index is 11.8. The van der Waals surface area contributed by atoms with Gasteiger partial charge >= 0.3 is 0 Å². The van der Waals surface area contributed by atoms with E-state index in [1.165, 1.54) is 0 Å². The zero-order chi connectivity index (χ0) is 14.3. The van der Waals surface area contributed by atoms with Crippen molar-refractivity contribution in [3.05, 3.63) is 39.7 Å². The first-order valence-electron chi connectivity index (χ1n) is 6.03. The van der Waals surface area contributed by atoms with Gasteiger partial charge < -0.3 is 5.11 Å². The molecule has 0 aromatic heterocycles. The van der Waals surface area contributed by atoms with E-state index in [0.717, 1.165) is 15.4 Å². The number of benzene rings is 1. The molecule has 4 nitrogen and oxygen atoms in total. The summed E-state index contributed by atoms with van der Waals surface area (Å²) in [6, 6.07) is 7.10. The highest BCUT2D eigenvalue weighted by Gasteiger charge is 2.12. The fraction of sp³-hybridized carbons (Fsp3) is 0.385. The molecule has 0 heterocycles. The van der Waals surface area contributed by atoms with Crippen molar-refractivity contribution in [2.75, 3.05) is 6.61 Å². The lowest BCUT2D eigenvalue weighted by atomic mass is 10.2. The predicted molar refractivity (Wildman–Crippen MR) is 81.0 cm³/mol. The average Bonchev–Trinajstić information content (AvgIpc) is 2.37. The molecule has 0 saturated carbocycles. The minimum Gasteiger partial charge on any atom is -0.396 e. The summed E-state index contributed by atoms with van der Waals surface area (Å²) in [7, 11) is -3.48. The molecule has 0 saturated heterocycles. The number of hydrogen-bond donors (Lipinski definition) is 2. The minimum absolute atomic E-state index is 0.0303. The van der Waals surface area contributed by atoms with E-state index in [4.69, 9.17) is 5.11 Å². The van der Waals surface area contributed by atoms with Crippen molar-refractivity contribution in [1.29, 1.82) is 0 Å². The molecule has 1 aromatic carbocycles. The number of sulfonamides is 1. The molecule has 0 aliphatic heterocycles. The summed E-state index contributed by atoms with van der Waals surface area (Å²) in [5, 5.41) is 9.99. The molecular weight excluding hydrogens is 330 g/mol. The summed E-state index contributed by atoms with van der Waals surface area (Å²) < 4.78 is 27.1. The zero-order valence-corrected chi connectivity index (χ0v) is 13.1. The van der Waals surface area contributed by atoms with Crippen molar-refractivity contribution in [3.8, 4) is 0 Å². The quantitative estimate of drug-likeness (QED) is 0.796. The Morgan fingerprint density at radius 2 is 2.00 bits per heavy atom. The molecule has 106 valence electrons. The van der Waals surface area contributed by atoms with Gasteiger partial charge in [0.25, 0.3) is 0 Å². The van der Waals surface area contributed by atoms with E-state index < -0.39 is 10.0 Å². The molecule has 1 unspecified atom stereocenters. The Kier molecular flexibility index (Phi) is 6.71. The molecule has 0 radical (unpaired) electrons. The van der Waals surface area contributed by atoms with Gasteiger partial charge in [-0.1, -0.05) is 35.0 Å². The highest BCUT2D eigenvalue weighted by molar-refractivity contribution is 9.10. The normalized spacial score (nSPS) is 13.8. The van der Waals surface area contributed by atoms with Crippen LogP contribution in [0.2, 0.25) is 0 Å². The Hall–Kier alpha value is -0.690. The SMILES string of the molecule is CCC(CCO)NS(=O)(=O)/C=C/c1ccc(Br)cc1. The molecule has 1 aromatic rings. The average molecular weight is 348 g/mol. The van der Waals surface area contributed by atoms with Gasteiger partial charge in [-0.25, -0.2) is 13.1 Å². The molecule has 0 spiro atoms. The number of aliphatic hydroxyl groups excluding tert-OH is 1. The first-order valence-corrected chi connectivity index (χ1v) is 8.37. The minimum atomic E-state index is -3.48. The van der Waals surface area contributed by atoms with E-state index >= 15 is 0 Å². The maximum Gasteiger partial charge on any atom is 0.233 e. The second kappa shape index (κ2) is 7.79. The molecule has 0 fully saturated rings. The van der Waals surface area contributed by atoms with Gasteiger partial charge in [0.05, 0.1) is 0 Å². The van der Waals surface area contributed by atoms with Crippen LogP contribution in [0.3, 0.4) is 0 Å². The maximum atomic E-state index is 11.8. The zero-order valence-electron chi connectivity index (χ0n) is 10.7. The van der Waals surface area contributed by atoms with Crippen LogP contribution in [0.1, 0.15) is 25.3 Å². The third-order valence-corrected chi connectivity index (χ3v) is 4.30. The van der Waals surface area contributed by atoms with Gasteiger partial charge in [0.2, 0.25) is 10.0 Å². The molecule has 0 amide bonds. The summed E-state index contributed by atoms with van der Waals surface area (Å²) >= 11 is 3.32. The van der Waals surface area contributed by atoms with Gasteiger partial charge in [0.1, 0.15) is 0 Å². The van der Waals surface area contributed by atoms with E-state index in [9.17, 15) is 8.42 Å². The van der Waals surface area contributed by atoms with Crippen molar-refractivity contribution in [1.82, 2.24) is 4.72 Å². The van der Waals surface area contributed by atoms with Crippen LogP contribution in [0, 0.1) is 0 Å². The summed E-state index contributed by atoms with van der Waals surface area (Å²) in [6.45, 7) is 1.85. The Bertz CT molecular complexity index is 511. The smallest absolute Gasteiger partial charge is 0.233 e. The summed E-state index contributed by atoms with van der Waals surface area (Å²) in [4.78, 5) is 0. The second-order valence-corrected chi connectivity index (χ2v) is 6.65. The highest BCUT2D eigenvalue weighted by Crippen LogP contribution is 2.12. The molecule has 0 aliphatic carbocycles. The second-order valence-electron chi connectivity index (χ2n) is 4.13. The van der Waals surface area contributed by atoms with Gasteiger partial charge in [-0.05, 0) is 36.6 Å². The van der Waals surface area contributed by atoms with Crippen LogP contribution in [-0.4, -0.2) is 26.2 Å². The van der Waals surface area contributed by atoms with Gasteiger partial charge in [0.15, 0.2) is 0 Å². The number of aliphatic hydroxyl groups is 1. The number of nitrogens with one attached hydrogen (secondary N) is 1. The van der Waals surface area contributed by atoms with Crippen LogP contribution in [0.25, 0.3) is 6.08 Å². The molecule has 0 aliphatic rings. The van der Waals surface area contributed by atoms with E-state index in [2.05, 4.69) is 20.7 Å². The summed E-state index contributed by atoms with van der Waals surface area (Å²) in [5.74, 6) is 0. The first-order chi connectivity index (χ1) is 8.96. The van der Waals surface area contributed by atoms with Gasteiger partial charge in [-0.2, -0.15) is 0 Å². The molecule has 1 rings (SSSR count). The molecule has 19 heavy (non-hydrogen) atoms. The molecular formula is C13H18BrNO3S. The Morgan fingerprint density at radius 3 is 2.53 bits per heavy atom. The van der Waals surface area contributed by atoms with Crippen LogP contribution >= 0.6 is 15.9 Å². The highest BCUT2D eigenvalue weighted by atomic mass is 79.9. The third-order valence-electron chi connectivity index (χ3n) is 2.61. The van der Waals surface area contributed by atoms with Crippen LogP contribution in [0.15, 0.2) is 34.1 Å². The standard InChI is InChI=1S/C13H18BrNO3S/c1-2-13(7-9-16)15-19(17,18)10-8-11-3-5-12(14)6-4-11/h3-6,8,10,13,15-16H,2,7,9H2,1H3/b10-8+. The molecule has 2 N–H and O–H groups in total. The lowest BCUT2D eigenvalue weighted by molar-refractivity contribution is 0.270. The van der Waals surface area contributed by atoms with Gasteiger partial charge in [0, 0.05) is 22.5 Å². The summed E-state index contributed by atoms with van der Waals surface area (Å²) in [5.41, 5.74) is 0.809. The first kappa shape index (κ1) is 16.4. The van der Waals surface area contributed by atoms with Crippen molar-refractivity contribution in [2.45, 2.75) is 25.8 Å². The van der Waals surface area contributed by atoms with Gasteiger partial charge in [-0.15, -0.1) is 0 Å². The number of rotatable bonds is 7. The number of hydrogen-bond acceptors (Lipinski definition) is 3.